The maximum atomic E-state index is 13.0. The van der Waals surface area contributed by atoms with E-state index in [2.05, 4.69) is 4.99 Å². The minimum absolute atomic E-state index is 0.0330. The molecular formula is C12H15F2N. The molecule has 0 aliphatic heterocycles. The van der Waals surface area contributed by atoms with Crippen molar-refractivity contribution in [2.24, 2.45) is 4.99 Å². The molecule has 1 rings (SSSR count). The lowest BCUT2D eigenvalue weighted by Crippen LogP contribution is -2.08. The number of hydrogen-bond donors (Lipinski definition) is 0. The van der Waals surface area contributed by atoms with Gasteiger partial charge in [-0.1, -0.05) is 18.2 Å². The highest BCUT2D eigenvalue weighted by atomic mass is 19.3. The van der Waals surface area contributed by atoms with Crippen molar-refractivity contribution in [2.75, 3.05) is 6.54 Å². The highest BCUT2D eigenvalue weighted by Gasteiger charge is 2.24. The third-order valence-electron chi connectivity index (χ3n) is 2.18. The summed E-state index contributed by atoms with van der Waals surface area (Å²) in [4.78, 5) is 4.19. The first-order chi connectivity index (χ1) is 6.95. The van der Waals surface area contributed by atoms with E-state index in [1.165, 1.54) is 12.1 Å². The summed E-state index contributed by atoms with van der Waals surface area (Å²) in [5, 5.41) is 0. The summed E-state index contributed by atoms with van der Waals surface area (Å²) in [6.07, 6.45) is 0. The van der Waals surface area contributed by atoms with Gasteiger partial charge in [0.25, 0.3) is 5.92 Å². The SMILES string of the molecule is CCN=C(C)c1cccc(C(C)(F)F)c1. The predicted molar refractivity (Wildman–Crippen MR) is 58.8 cm³/mol. The molecule has 0 unspecified atom stereocenters. The lowest BCUT2D eigenvalue weighted by Gasteiger charge is -2.11. The molecule has 82 valence electrons. The summed E-state index contributed by atoms with van der Waals surface area (Å²) in [6, 6.07) is 6.36. The number of benzene rings is 1. The molecule has 0 aliphatic carbocycles. The first-order valence-electron chi connectivity index (χ1n) is 4.95. The van der Waals surface area contributed by atoms with Crippen molar-refractivity contribution >= 4 is 5.71 Å². The summed E-state index contributed by atoms with van der Waals surface area (Å²) in [7, 11) is 0. The third kappa shape index (κ3) is 3.11. The van der Waals surface area contributed by atoms with Crippen LogP contribution in [0.4, 0.5) is 8.78 Å². The molecule has 0 radical (unpaired) electrons. The second kappa shape index (κ2) is 4.51. The van der Waals surface area contributed by atoms with Crippen LogP contribution in [0.2, 0.25) is 0 Å². The average molecular weight is 211 g/mol. The van der Waals surface area contributed by atoms with Gasteiger partial charge < -0.3 is 0 Å². The minimum Gasteiger partial charge on any atom is -0.290 e. The first kappa shape index (κ1) is 11.8. The fourth-order valence-corrected chi connectivity index (χ4v) is 1.35. The van der Waals surface area contributed by atoms with Crippen molar-refractivity contribution in [3.63, 3.8) is 0 Å². The van der Waals surface area contributed by atoms with Crippen molar-refractivity contribution in [3.8, 4) is 0 Å². The summed E-state index contributed by atoms with van der Waals surface area (Å²) >= 11 is 0. The number of halogens is 2. The van der Waals surface area contributed by atoms with Gasteiger partial charge in [-0.3, -0.25) is 4.99 Å². The zero-order chi connectivity index (χ0) is 11.5. The molecule has 1 nitrogen and oxygen atoms in total. The summed E-state index contributed by atoms with van der Waals surface area (Å²) < 4.78 is 26.1. The van der Waals surface area contributed by atoms with Gasteiger partial charge in [-0.2, -0.15) is 0 Å². The van der Waals surface area contributed by atoms with Gasteiger partial charge in [0.1, 0.15) is 0 Å². The molecule has 0 fully saturated rings. The Morgan fingerprint density at radius 1 is 1.40 bits per heavy atom. The molecule has 0 saturated carbocycles. The van der Waals surface area contributed by atoms with Crippen LogP contribution < -0.4 is 0 Å². The van der Waals surface area contributed by atoms with Crippen LogP contribution in [0, 0.1) is 0 Å². The predicted octanol–water partition coefficient (Wildman–Crippen LogP) is 3.63. The van der Waals surface area contributed by atoms with Gasteiger partial charge in [0.2, 0.25) is 0 Å². The molecule has 0 aromatic heterocycles. The molecule has 1 aromatic rings. The van der Waals surface area contributed by atoms with Gasteiger partial charge in [0.15, 0.2) is 0 Å². The minimum atomic E-state index is -2.79. The summed E-state index contributed by atoms with van der Waals surface area (Å²) in [5.74, 6) is -2.79. The summed E-state index contributed by atoms with van der Waals surface area (Å²) in [5.41, 5.74) is 1.59. The van der Waals surface area contributed by atoms with Gasteiger partial charge >= 0.3 is 0 Å². The number of nitrogens with zero attached hydrogens (tertiary/aromatic N) is 1. The van der Waals surface area contributed by atoms with Crippen LogP contribution in [0.15, 0.2) is 29.3 Å². The van der Waals surface area contributed by atoms with Gasteiger partial charge in [-0.25, -0.2) is 8.78 Å². The molecule has 0 bridgehead atoms. The highest BCUT2D eigenvalue weighted by Crippen LogP contribution is 2.27. The topological polar surface area (TPSA) is 12.4 Å². The van der Waals surface area contributed by atoms with E-state index in [9.17, 15) is 8.78 Å². The Morgan fingerprint density at radius 2 is 2.07 bits per heavy atom. The van der Waals surface area contributed by atoms with E-state index in [0.29, 0.717) is 6.54 Å². The molecule has 0 spiro atoms. The summed E-state index contributed by atoms with van der Waals surface area (Å²) in [6.45, 7) is 5.31. The second-order valence-corrected chi connectivity index (χ2v) is 3.53. The van der Waals surface area contributed by atoms with E-state index < -0.39 is 5.92 Å². The Kier molecular flexibility index (Phi) is 3.56. The Labute approximate surface area is 88.8 Å². The number of aliphatic imine (C=N–C) groups is 1. The molecule has 0 aliphatic rings. The fraction of sp³-hybridized carbons (Fsp3) is 0.417. The van der Waals surface area contributed by atoms with Gasteiger partial charge in [-0.15, -0.1) is 0 Å². The largest absolute Gasteiger partial charge is 0.290 e. The van der Waals surface area contributed by atoms with E-state index in [1.54, 1.807) is 12.1 Å². The van der Waals surface area contributed by atoms with Crippen molar-refractivity contribution in [2.45, 2.75) is 26.7 Å². The Morgan fingerprint density at radius 3 is 2.60 bits per heavy atom. The molecule has 1 aromatic carbocycles. The van der Waals surface area contributed by atoms with Gasteiger partial charge in [0.05, 0.1) is 0 Å². The smallest absolute Gasteiger partial charge is 0.270 e. The van der Waals surface area contributed by atoms with Crippen LogP contribution >= 0.6 is 0 Å². The van der Waals surface area contributed by atoms with Crippen LogP contribution in [0.5, 0.6) is 0 Å². The van der Waals surface area contributed by atoms with Crippen LogP contribution in [0.25, 0.3) is 0 Å². The maximum absolute atomic E-state index is 13.0. The molecule has 0 heterocycles. The molecular weight excluding hydrogens is 196 g/mol. The Balaban J connectivity index is 3.08. The van der Waals surface area contributed by atoms with E-state index in [-0.39, 0.29) is 5.56 Å². The first-order valence-corrected chi connectivity index (χ1v) is 4.95. The third-order valence-corrected chi connectivity index (χ3v) is 2.18. The lowest BCUT2D eigenvalue weighted by molar-refractivity contribution is 0.0174. The molecule has 0 atom stereocenters. The molecule has 0 N–H and O–H groups in total. The number of alkyl halides is 2. The molecule has 0 amide bonds. The second-order valence-electron chi connectivity index (χ2n) is 3.53. The van der Waals surface area contributed by atoms with E-state index in [0.717, 1.165) is 18.2 Å². The Bertz CT molecular complexity index is 364. The lowest BCUT2D eigenvalue weighted by atomic mass is 10.0. The zero-order valence-electron chi connectivity index (χ0n) is 9.22. The molecule has 15 heavy (non-hydrogen) atoms. The molecule has 3 heteroatoms. The van der Waals surface area contributed by atoms with Crippen LogP contribution in [-0.4, -0.2) is 12.3 Å². The highest BCUT2D eigenvalue weighted by molar-refractivity contribution is 5.98. The van der Waals surface area contributed by atoms with E-state index in [4.69, 9.17) is 0 Å². The van der Waals surface area contributed by atoms with Crippen LogP contribution in [0.1, 0.15) is 31.9 Å². The van der Waals surface area contributed by atoms with Crippen molar-refractivity contribution in [3.05, 3.63) is 35.4 Å². The van der Waals surface area contributed by atoms with Gasteiger partial charge in [0, 0.05) is 24.7 Å². The normalized spacial score (nSPS) is 13.0. The molecule has 0 saturated heterocycles. The van der Waals surface area contributed by atoms with Crippen LogP contribution in [-0.2, 0) is 5.92 Å². The van der Waals surface area contributed by atoms with E-state index >= 15 is 0 Å². The van der Waals surface area contributed by atoms with Crippen molar-refractivity contribution in [1.82, 2.24) is 0 Å². The standard InChI is InChI=1S/C12H15F2N/c1-4-15-9(2)10-6-5-7-11(8-10)12(3,13)14/h5-8H,4H2,1-3H3. The fourth-order valence-electron chi connectivity index (χ4n) is 1.35. The maximum Gasteiger partial charge on any atom is 0.270 e. The van der Waals surface area contributed by atoms with Crippen molar-refractivity contribution < 1.29 is 8.78 Å². The van der Waals surface area contributed by atoms with Gasteiger partial charge in [-0.05, 0) is 25.5 Å². The van der Waals surface area contributed by atoms with E-state index in [1.807, 2.05) is 13.8 Å². The quantitative estimate of drug-likeness (QED) is 0.677. The zero-order valence-corrected chi connectivity index (χ0v) is 9.22. The van der Waals surface area contributed by atoms with Crippen molar-refractivity contribution in [1.29, 1.82) is 0 Å². The number of rotatable bonds is 3. The average Bonchev–Trinajstić information content (AvgIpc) is 2.17. The monoisotopic (exact) mass is 211 g/mol. The van der Waals surface area contributed by atoms with Crippen LogP contribution in [0.3, 0.4) is 0 Å². The number of hydrogen-bond acceptors (Lipinski definition) is 1. The Hall–Kier alpha value is -1.25.